The molecule has 2 N–H and O–H groups in total. The number of nitrogens with one attached hydrogen (secondary N) is 2. The Morgan fingerprint density at radius 1 is 1.17 bits per heavy atom. The summed E-state index contributed by atoms with van der Waals surface area (Å²) in [6.07, 6.45) is 0.806. The number of anilines is 1. The number of rotatable bonds is 10. The van der Waals surface area contributed by atoms with Gasteiger partial charge in [-0.15, -0.1) is 11.3 Å². The zero-order valence-corrected chi connectivity index (χ0v) is 18.1. The predicted molar refractivity (Wildman–Crippen MR) is 118 cm³/mol. The van der Waals surface area contributed by atoms with Crippen LogP contribution in [0.3, 0.4) is 0 Å². The fourth-order valence-electron chi connectivity index (χ4n) is 3.20. The highest BCUT2D eigenvalue weighted by Crippen LogP contribution is 2.18. The van der Waals surface area contributed by atoms with Crippen LogP contribution in [0.2, 0.25) is 0 Å². The van der Waals surface area contributed by atoms with Gasteiger partial charge in [-0.2, -0.15) is 0 Å². The van der Waals surface area contributed by atoms with E-state index < -0.39 is 0 Å². The topological polar surface area (TPSA) is 86.8 Å². The Hall–Kier alpha value is -2.49. The maximum atomic E-state index is 12.8. The van der Waals surface area contributed by atoms with Crippen LogP contribution in [0.25, 0.3) is 0 Å². The number of piperazine rings is 1. The predicted octanol–water partition coefficient (Wildman–Crippen LogP) is 1.67. The molecule has 3 rings (SSSR count). The summed E-state index contributed by atoms with van der Waals surface area (Å²) in [5, 5.41) is 8.71. The van der Waals surface area contributed by atoms with Gasteiger partial charge in [0.1, 0.15) is 5.69 Å². The third-order valence-corrected chi connectivity index (χ3v) is 5.68. The lowest BCUT2D eigenvalue weighted by molar-refractivity contribution is -0.122. The maximum Gasteiger partial charge on any atom is 0.273 e. The molecular weight excluding hydrogens is 402 g/mol. The Morgan fingerprint density at radius 3 is 2.67 bits per heavy atom. The lowest BCUT2D eigenvalue weighted by Gasteiger charge is -2.33. The van der Waals surface area contributed by atoms with Gasteiger partial charge in [0.05, 0.1) is 6.54 Å². The summed E-state index contributed by atoms with van der Waals surface area (Å²) < 4.78 is 4.97. The molecule has 162 valence electrons. The van der Waals surface area contributed by atoms with Crippen LogP contribution in [-0.4, -0.2) is 79.6 Å². The molecule has 0 unspecified atom stereocenters. The van der Waals surface area contributed by atoms with Gasteiger partial charge in [-0.1, -0.05) is 30.3 Å². The number of nitrogens with zero attached hydrogens (tertiary/aromatic N) is 3. The molecule has 0 bridgehead atoms. The van der Waals surface area contributed by atoms with E-state index in [9.17, 15) is 9.59 Å². The average molecular weight is 432 g/mol. The summed E-state index contributed by atoms with van der Waals surface area (Å²) in [7, 11) is 1.65. The van der Waals surface area contributed by atoms with Crippen LogP contribution in [0.5, 0.6) is 0 Å². The maximum absolute atomic E-state index is 12.8. The molecule has 30 heavy (non-hydrogen) atoms. The number of aromatic nitrogens is 1. The highest BCUT2D eigenvalue weighted by atomic mass is 32.1. The van der Waals surface area contributed by atoms with Gasteiger partial charge in [0.25, 0.3) is 5.91 Å². The minimum absolute atomic E-state index is 0.0134. The van der Waals surface area contributed by atoms with Crippen LogP contribution in [0, 0.1) is 0 Å². The van der Waals surface area contributed by atoms with E-state index in [0.29, 0.717) is 58.1 Å². The van der Waals surface area contributed by atoms with Crippen molar-refractivity contribution in [1.82, 2.24) is 20.1 Å². The summed E-state index contributed by atoms with van der Waals surface area (Å²) in [6, 6.07) is 10.1. The van der Waals surface area contributed by atoms with E-state index in [-0.39, 0.29) is 11.8 Å². The number of hydrogen-bond acceptors (Lipinski definition) is 7. The smallest absolute Gasteiger partial charge is 0.273 e. The highest BCUT2D eigenvalue weighted by Gasteiger charge is 2.24. The quantitative estimate of drug-likeness (QED) is 0.557. The van der Waals surface area contributed by atoms with Crippen molar-refractivity contribution in [2.45, 2.75) is 13.0 Å². The summed E-state index contributed by atoms with van der Waals surface area (Å²) in [6.45, 7) is 4.85. The van der Waals surface area contributed by atoms with E-state index in [4.69, 9.17) is 4.74 Å². The molecule has 0 saturated carbocycles. The van der Waals surface area contributed by atoms with Gasteiger partial charge in [0.15, 0.2) is 5.13 Å². The third-order valence-electron chi connectivity index (χ3n) is 4.88. The van der Waals surface area contributed by atoms with Gasteiger partial charge in [0, 0.05) is 58.4 Å². The molecule has 1 aromatic carbocycles. The standard InChI is InChI=1S/C21H29N5O3S/c1-29-13-5-8-22-19(27)15-25-9-11-26(12-10-25)20(28)18-16-30-21(24-18)23-14-17-6-3-2-4-7-17/h2-4,6-7,16H,5,8-15H2,1H3,(H,22,27)(H,23,24). The zero-order chi connectivity index (χ0) is 21.2. The van der Waals surface area contributed by atoms with Crippen molar-refractivity contribution in [1.29, 1.82) is 0 Å². The van der Waals surface area contributed by atoms with Gasteiger partial charge < -0.3 is 20.3 Å². The largest absolute Gasteiger partial charge is 0.385 e. The van der Waals surface area contributed by atoms with Gasteiger partial charge in [-0.25, -0.2) is 4.98 Å². The van der Waals surface area contributed by atoms with Crippen LogP contribution in [0.1, 0.15) is 22.5 Å². The fraction of sp³-hybridized carbons (Fsp3) is 0.476. The molecule has 0 spiro atoms. The number of hydrogen-bond donors (Lipinski definition) is 2. The number of carbonyl (C=O) groups excluding carboxylic acids is 2. The summed E-state index contributed by atoms with van der Waals surface area (Å²) >= 11 is 1.44. The molecule has 8 nitrogen and oxygen atoms in total. The molecule has 1 saturated heterocycles. The van der Waals surface area contributed by atoms with E-state index >= 15 is 0 Å². The summed E-state index contributed by atoms with van der Waals surface area (Å²) in [5.41, 5.74) is 1.64. The van der Waals surface area contributed by atoms with Crippen LogP contribution >= 0.6 is 11.3 Å². The van der Waals surface area contributed by atoms with Crippen molar-refractivity contribution in [2.75, 3.05) is 58.3 Å². The summed E-state index contributed by atoms with van der Waals surface area (Å²) in [5.74, 6) is -0.0396. The molecule has 9 heteroatoms. The Balaban J connectivity index is 1.40. The second-order valence-corrected chi connectivity index (χ2v) is 8.00. The number of methoxy groups -OCH3 is 1. The van der Waals surface area contributed by atoms with Gasteiger partial charge in [0.2, 0.25) is 5.91 Å². The first-order valence-electron chi connectivity index (χ1n) is 10.2. The van der Waals surface area contributed by atoms with Crippen LogP contribution in [0.4, 0.5) is 5.13 Å². The van der Waals surface area contributed by atoms with Gasteiger partial charge in [-0.05, 0) is 12.0 Å². The molecule has 1 aromatic heterocycles. The molecule has 2 amide bonds. The van der Waals surface area contributed by atoms with E-state index in [1.165, 1.54) is 16.9 Å². The Morgan fingerprint density at radius 2 is 1.93 bits per heavy atom. The molecule has 0 radical (unpaired) electrons. The van der Waals surface area contributed by atoms with Gasteiger partial charge >= 0.3 is 0 Å². The lowest BCUT2D eigenvalue weighted by Crippen LogP contribution is -2.51. The van der Waals surface area contributed by atoms with Crippen molar-refractivity contribution in [3.05, 3.63) is 47.0 Å². The van der Waals surface area contributed by atoms with Crippen molar-refractivity contribution in [3.8, 4) is 0 Å². The SMILES string of the molecule is COCCCNC(=O)CN1CCN(C(=O)c2csc(NCc3ccccc3)n2)CC1. The number of benzene rings is 1. The van der Waals surface area contributed by atoms with E-state index in [2.05, 4.69) is 20.5 Å². The molecule has 2 aromatic rings. The zero-order valence-electron chi connectivity index (χ0n) is 17.3. The average Bonchev–Trinajstić information content (AvgIpc) is 3.25. The first kappa shape index (κ1) is 22.2. The summed E-state index contributed by atoms with van der Waals surface area (Å²) in [4.78, 5) is 33.1. The van der Waals surface area contributed by atoms with Crippen molar-refractivity contribution >= 4 is 28.3 Å². The lowest BCUT2D eigenvalue weighted by atomic mass is 10.2. The van der Waals surface area contributed by atoms with Crippen LogP contribution in [-0.2, 0) is 16.1 Å². The van der Waals surface area contributed by atoms with E-state index in [1.54, 1.807) is 12.5 Å². The number of ether oxygens (including phenoxy) is 1. The first-order valence-corrected chi connectivity index (χ1v) is 11.0. The second-order valence-electron chi connectivity index (χ2n) is 7.14. The fourth-order valence-corrected chi connectivity index (χ4v) is 3.88. The third kappa shape index (κ3) is 6.79. The van der Waals surface area contributed by atoms with Crippen molar-refractivity contribution < 1.29 is 14.3 Å². The van der Waals surface area contributed by atoms with Crippen LogP contribution in [0.15, 0.2) is 35.7 Å². The molecule has 0 aliphatic carbocycles. The molecule has 1 aliphatic rings. The van der Waals surface area contributed by atoms with E-state index in [0.717, 1.165) is 11.6 Å². The molecular formula is C21H29N5O3S. The highest BCUT2D eigenvalue weighted by molar-refractivity contribution is 7.13. The number of amides is 2. The first-order chi connectivity index (χ1) is 14.7. The van der Waals surface area contributed by atoms with Gasteiger partial charge in [-0.3, -0.25) is 14.5 Å². The molecule has 1 aliphatic heterocycles. The minimum atomic E-state index is -0.0531. The Kier molecular flexibility index (Phi) is 8.61. The van der Waals surface area contributed by atoms with Crippen molar-refractivity contribution in [2.24, 2.45) is 0 Å². The number of carbonyl (C=O) groups is 2. The number of thiazole rings is 1. The van der Waals surface area contributed by atoms with Crippen LogP contribution < -0.4 is 10.6 Å². The molecule has 1 fully saturated rings. The minimum Gasteiger partial charge on any atom is -0.385 e. The second kappa shape index (κ2) is 11.6. The Bertz CT molecular complexity index is 806. The Labute approximate surface area is 181 Å². The monoisotopic (exact) mass is 431 g/mol. The molecule has 0 atom stereocenters. The normalized spacial score (nSPS) is 14.5. The molecule has 2 heterocycles. The van der Waals surface area contributed by atoms with Crippen molar-refractivity contribution in [3.63, 3.8) is 0 Å². The van der Waals surface area contributed by atoms with E-state index in [1.807, 2.05) is 35.2 Å².